The Labute approximate surface area is 110 Å². The lowest BCUT2D eigenvalue weighted by Gasteiger charge is -2.29. The number of amides is 1. The zero-order valence-electron chi connectivity index (χ0n) is 11.3. The molecule has 2 unspecified atom stereocenters. The highest BCUT2D eigenvalue weighted by Crippen LogP contribution is 2.32. The fourth-order valence-corrected chi connectivity index (χ4v) is 3.87. The summed E-state index contributed by atoms with van der Waals surface area (Å²) in [7, 11) is 0. The molecule has 0 radical (unpaired) electrons. The van der Waals surface area contributed by atoms with Crippen molar-refractivity contribution < 1.29 is 4.79 Å². The first kappa shape index (κ1) is 12.5. The van der Waals surface area contributed by atoms with E-state index in [-0.39, 0.29) is 0 Å². The fraction of sp³-hybridized carbons (Fsp3) is 0.933. The van der Waals surface area contributed by atoms with Gasteiger partial charge in [0.2, 0.25) is 5.91 Å². The molecule has 2 aliphatic heterocycles. The predicted octanol–water partition coefficient (Wildman–Crippen LogP) is 2.21. The molecule has 2 saturated heterocycles. The lowest BCUT2D eigenvalue weighted by molar-refractivity contribution is -0.122. The molecule has 18 heavy (non-hydrogen) atoms. The lowest BCUT2D eigenvalue weighted by Crippen LogP contribution is -2.39. The van der Waals surface area contributed by atoms with Gasteiger partial charge >= 0.3 is 0 Å². The molecule has 0 spiro atoms. The number of fused-ring (bicyclic) bond motifs is 2. The third-order valence-electron chi connectivity index (χ3n) is 5.14. The Bertz CT molecular complexity index is 289. The molecule has 3 nitrogen and oxygen atoms in total. The van der Waals surface area contributed by atoms with E-state index in [1.54, 1.807) is 0 Å². The van der Waals surface area contributed by atoms with Gasteiger partial charge in [-0.2, -0.15) is 0 Å². The molecule has 3 aliphatic rings. The van der Waals surface area contributed by atoms with E-state index in [1.807, 2.05) is 0 Å². The largest absolute Gasteiger partial charge is 0.356 e. The van der Waals surface area contributed by atoms with Crippen molar-refractivity contribution in [1.82, 2.24) is 10.6 Å². The molecule has 1 aliphatic carbocycles. The Kier molecular flexibility index (Phi) is 3.88. The first-order chi connectivity index (χ1) is 8.79. The zero-order chi connectivity index (χ0) is 12.4. The van der Waals surface area contributed by atoms with Crippen LogP contribution in [0.25, 0.3) is 0 Å². The molecule has 3 heteroatoms. The predicted molar refractivity (Wildman–Crippen MR) is 72.3 cm³/mol. The van der Waals surface area contributed by atoms with Gasteiger partial charge in [-0.15, -0.1) is 0 Å². The molecule has 2 N–H and O–H groups in total. The molecule has 2 heterocycles. The quantitative estimate of drug-likeness (QED) is 0.785. The molecule has 102 valence electrons. The number of carbonyl (C=O) groups excluding carboxylic acids is 1. The van der Waals surface area contributed by atoms with Crippen molar-refractivity contribution in [3.8, 4) is 0 Å². The van der Waals surface area contributed by atoms with Gasteiger partial charge in [-0.3, -0.25) is 4.79 Å². The van der Waals surface area contributed by atoms with Crippen molar-refractivity contribution in [1.29, 1.82) is 0 Å². The summed E-state index contributed by atoms with van der Waals surface area (Å²) in [5.41, 5.74) is 0. The summed E-state index contributed by atoms with van der Waals surface area (Å²) in [6, 6.07) is 1.41. The normalized spacial score (nSPS) is 35.2. The highest BCUT2D eigenvalue weighted by molar-refractivity contribution is 5.76. The maximum Gasteiger partial charge on any atom is 0.220 e. The summed E-state index contributed by atoms with van der Waals surface area (Å²) in [5.74, 6) is 1.83. The molecule has 0 aromatic rings. The van der Waals surface area contributed by atoms with Crippen LogP contribution in [0.1, 0.15) is 57.8 Å². The van der Waals surface area contributed by atoms with Crippen LogP contribution in [0.15, 0.2) is 0 Å². The van der Waals surface area contributed by atoms with E-state index in [0.717, 1.165) is 18.9 Å². The summed E-state index contributed by atoms with van der Waals surface area (Å²) >= 11 is 0. The Morgan fingerprint density at radius 2 is 1.78 bits per heavy atom. The Morgan fingerprint density at radius 3 is 2.39 bits per heavy atom. The molecule has 3 rings (SSSR count). The summed E-state index contributed by atoms with van der Waals surface area (Å²) in [5, 5.41) is 6.75. The van der Waals surface area contributed by atoms with Gasteiger partial charge < -0.3 is 10.6 Å². The summed E-state index contributed by atoms with van der Waals surface area (Å²) in [6.07, 6.45) is 11.2. The van der Waals surface area contributed by atoms with Crippen LogP contribution in [0.3, 0.4) is 0 Å². The first-order valence-electron chi connectivity index (χ1n) is 7.82. The monoisotopic (exact) mass is 250 g/mol. The number of rotatable bonds is 5. The maximum absolute atomic E-state index is 11.9. The summed E-state index contributed by atoms with van der Waals surface area (Å²) < 4.78 is 0. The van der Waals surface area contributed by atoms with Crippen molar-refractivity contribution in [2.24, 2.45) is 11.8 Å². The smallest absolute Gasteiger partial charge is 0.220 e. The molecule has 2 atom stereocenters. The van der Waals surface area contributed by atoms with Crippen molar-refractivity contribution in [2.45, 2.75) is 69.9 Å². The van der Waals surface area contributed by atoms with Crippen molar-refractivity contribution in [3.05, 3.63) is 0 Å². The van der Waals surface area contributed by atoms with Crippen LogP contribution in [-0.2, 0) is 4.79 Å². The Balaban J connectivity index is 1.33. The van der Waals surface area contributed by atoms with Crippen molar-refractivity contribution >= 4 is 5.91 Å². The SMILES string of the molecule is O=C(CC1CC2CCC(C1)N2)NCCC1CCC1. The molecular weight excluding hydrogens is 224 g/mol. The van der Waals surface area contributed by atoms with E-state index in [9.17, 15) is 4.79 Å². The minimum atomic E-state index is 0.292. The standard InChI is InChI=1S/C15H26N2O/c18-15(16-7-6-11-2-1-3-11)10-12-8-13-4-5-14(9-12)17-13/h11-14,17H,1-10H2,(H,16,18). The van der Waals surface area contributed by atoms with E-state index < -0.39 is 0 Å². The second kappa shape index (κ2) is 5.60. The number of hydrogen-bond donors (Lipinski definition) is 2. The highest BCUT2D eigenvalue weighted by atomic mass is 16.1. The van der Waals surface area contributed by atoms with E-state index in [1.165, 1.54) is 51.4 Å². The van der Waals surface area contributed by atoms with Gasteiger partial charge in [-0.25, -0.2) is 0 Å². The van der Waals surface area contributed by atoms with Gasteiger partial charge in [-0.05, 0) is 43.9 Å². The first-order valence-corrected chi connectivity index (χ1v) is 7.82. The van der Waals surface area contributed by atoms with Crippen LogP contribution < -0.4 is 10.6 Å². The average molecular weight is 250 g/mol. The van der Waals surface area contributed by atoms with Gasteiger partial charge in [0, 0.05) is 25.0 Å². The Morgan fingerprint density at radius 1 is 1.06 bits per heavy atom. The van der Waals surface area contributed by atoms with Crippen LogP contribution >= 0.6 is 0 Å². The van der Waals surface area contributed by atoms with Gasteiger partial charge in [0.15, 0.2) is 0 Å². The topological polar surface area (TPSA) is 41.1 Å². The number of nitrogens with one attached hydrogen (secondary N) is 2. The van der Waals surface area contributed by atoms with Gasteiger partial charge in [-0.1, -0.05) is 19.3 Å². The third-order valence-corrected chi connectivity index (χ3v) is 5.14. The van der Waals surface area contributed by atoms with Gasteiger partial charge in [0.1, 0.15) is 0 Å². The summed E-state index contributed by atoms with van der Waals surface area (Å²) in [6.45, 7) is 0.904. The molecule has 1 amide bonds. The molecule has 3 fully saturated rings. The molecule has 0 aromatic carbocycles. The highest BCUT2D eigenvalue weighted by Gasteiger charge is 2.34. The molecule has 1 saturated carbocycles. The number of carbonyl (C=O) groups is 1. The van der Waals surface area contributed by atoms with Crippen molar-refractivity contribution in [3.63, 3.8) is 0 Å². The number of piperidine rings is 1. The van der Waals surface area contributed by atoms with Crippen molar-refractivity contribution in [2.75, 3.05) is 6.54 Å². The third kappa shape index (κ3) is 3.05. The molecular formula is C15H26N2O. The van der Waals surface area contributed by atoms with Crippen LogP contribution in [0.4, 0.5) is 0 Å². The minimum absolute atomic E-state index is 0.292. The van der Waals surface area contributed by atoms with E-state index in [0.29, 0.717) is 23.9 Å². The van der Waals surface area contributed by atoms with Gasteiger partial charge in [0.25, 0.3) is 0 Å². The molecule has 0 aromatic heterocycles. The maximum atomic E-state index is 11.9. The average Bonchev–Trinajstić information content (AvgIpc) is 2.62. The van der Waals surface area contributed by atoms with E-state index in [2.05, 4.69) is 10.6 Å². The van der Waals surface area contributed by atoms with Crippen LogP contribution in [-0.4, -0.2) is 24.5 Å². The summed E-state index contributed by atoms with van der Waals surface area (Å²) in [4.78, 5) is 11.9. The lowest BCUT2D eigenvalue weighted by atomic mass is 9.83. The van der Waals surface area contributed by atoms with E-state index in [4.69, 9.17) is 0 Å². The van der Waals surface area contributed by atoms with Crippen LogP contribution in [0.2, 0.25) is 0 Å². The molecule has 2 bridgehead atoms. The minimum Gasteiger partial charge on any atom is -0.356 e. The zero-order valence-corrected chi connectivity index (χ0v) is 11.3. The Hall–Kier alpha value is -0.570. The fourth-order valence-electron chi connectivity index (χ4n) is 3.87. The van der Waals surface area contributed by atoms with Crippen LogP contribution in [0.5, 0.6) is 0 Å². The van der Waals surface area contributed by atoms with Crippen LogP contribution in [0, 0.1) is 11.8 Å². The van der Waals surface area contributed by atoms with Gasteiger partial charge in [0.05, 0.1) is 0 Å². The van der Waals surface area contributed by atoms with E-state index >= 15 is 0 Å². The second-order valence-corrected chi connectivity index (χ2v) is 6.61. The second-order valence-electron chi connectivity index (χ2n) is 6.61. The number of hydrogen-bond acceptors (Lipinski definition) is 2.